The number of hydrogen-bond donors (Lipinski definition) is 4. The third-order valence-corrected chi connectivity index (χ3v) is 2.63. The van der Waals surface area contributed by atoms with Crippen molar-refractivity contribution in [3.63, 3.8) is 0 Å². The van der Waals surface area contributed by atoms with Crippen LogP contribution in [0.2, 0.25) is 0 Å². The molecular weight excluding hydrogens is 279 g/mol. The number of aliphatic carboxylic acids is 1. The Balaban J connectivity index is 2.72. The van der Waals surface area contributed by atoms with Crippen molar-refractivity contribution in [2.75, 3.05) is 6.54 Å². The van der Waals surface area contributed by atoms with Crippen LogP contribution in [0.5, 0.6) is 5.75 Å². The van der Waals surface area contributed by atoms with Gasteiger partial charge in [0.25, 0.3) is 0 Å². The van der Waals surface area contributed by atoms with Crippen molar-refractivity contribution in [1.29, 1.82) is 0 Å². The largest absolute Gasteiger partial charge is 0.507 e. The van der Waals surface area contributed by atoms with Crippen LogP contribution < -0.4 is 11.5 Å². The van der Waals surface area contributed by atoms with Crippen molar-refractivity contribution in [3.8, 4) is 5.75 Å². The Labute approximate surface area is 120 Å². The van der Waals surface area contributed by atoms with Gasteiger partial charge in [0.2, 0.25) is 0 Å². The van der Waals surface area contributed by atoms with Gasteiger partial charge in [-0.3, -0.25) is 9.98 Å². The summed E-state index contributed by atoms with van der Waals surface area (Å²) in [5, 5.41) is 18.5. The van der Waals surface area contributed by atoms with E-state index in [1.165, 1.54) is 12.1 Å². The van der Waals surface area contributed by atoms with E-state index in [0.717, 1.165) is 12.3 Å². The van der Waals surface area contributed by atoms with Gasteiger partial charge in [-0.1, -0.05) is 6.07 Å². The molecule has 0 fully saturated rings. The number of phenolic OH excluding ortho intramolecular Hbond substituents is 1. The summed E-state index contributed by atoms with van der Waals surface area (Å²) in [5.74, 6) is -2.19. The fraction of sp³-hybridized carbons (Fsp3) is 0.308. The van der Waals surface area contributed by atoms with E-state index in [1.54, 1.807) is 0 Å². The number of carboxylic acid groups (broad SMARTS) is 1. The molecule has 21 heavy (non-hydrogen) atoms. The summed E-state index contributed by atoms with van der Waals surface area (Å²) >= 11 is 0. The summed E-state index contributed by atoms with van der Waals surface area (Å²) in [7, 11) is 0. The molecular formula is C13H17FN4O3. The Hall–Kier alpha value is -2.64. The van der Waals surface area contributed by atoms with Crippen LogP contribution in [0.4, 0.5) is 4.39 Å². The first-order valence-electron chi connectivity index (χ1n) is 6.20. The summed E-state index contributed by atoms with van der Waals surface area (Å²) in [5.41, 5.74) is 10.2. The molecule has 0 bridgehead atoms. The third kappa shape index (κ3) is 5.47. The molecule has 1 aromatic carbocycles. The standard InChI is InChI=1S/C13H17FN4O3/c14-9-3-1-5-11(19)8(9)7-18-10(12(20)21)4-2-6-17-13(15)16/h1,3,5,7,10,19H,2,4,6H2,(H,20,21)(H4,15,16,17). The van der Waals surface area contributed by atoms with Gasteiger partial charge in [-0.15, -0.1) is 0 Å². The van der Waals surface area contributed by atoms with Crippen molar-refractivity contribution >= 4 is 18.1 Å². The highest BCUT2D eigenvalue weighted by Gasteiger charge is 2.15. The highest BCUT2D eigenvalue weighted by Crippen LogP contribution is 2.18. The molecule has 6 N–H and O–H groups in total. The molecule has 0 radical (unpaired) electrons. The van der Waals surface area contributed by atoms with Gasteiger partial charge in [0, 0.05) is 12.8 Å². The third-order valence-electron chi connectivity index (χ3n) is 2.63. The SMILES string of the molecule is NC(N)=NCCCC(N=Cc1c(O)cccc1F)C(=O)O. The van der Waals surface area contributed by atoms with E-state index in [2.05, 4.69) is 9.98 Å². The van der Waals surface area contributed by atoms with Crippen LogP contribution in [0.1, 0.15) is 18.4 Å². The first-order valence-corrected chi connectivity index (χ1v) is 6.20. The Morgan fingerprint density at radius 3 is 2.71 bits per heavy atom. The van der Waals surface area contributed by atoms with Crippen molar-refractivity contribution in [3.05, 3.63) is 29.6 Å². The Morgan fingerprint density at radius 2 is 2.14 bits per heavy atom. The monoisotopic (exact) mass is 296 g/mol. The maximum absolute atomic E-state index is 13.5. The lowest BCUT2D eigenvalue weighted by atomic mass is 10.1. The van der Waals surface area contributed by atoms with E-state index >= 15 is 0 Å². The minimum atomic E-state index is -1.15. The molecule has 0 amide bonds. The minimum absolute atomic E-state index is 0.0679. The number of rotatable bonds is 7. The van der Waals surface area contributed by atoms with E-state index in [1.807, 2.05) is 0 Å². The molecule has 0 aliphatic carbocycles. The quantitative estimate of drug-likeness (QED) is 0.329. The topological polar surface area (TPSA) is 134 Å². The molecule has 1 aromatic rings. The second-order valence-electron chi connectivity index (χ2n) is 4.25. The van der Waals surface area contributed by atoms with Crippen LogP contribution in [0.15, 0.2) is 28.2 Å². The van der Waals surface area contributed by atoms with E-state index in [9.17, 15) is 14.3 Å². The van der Waals surface area contributed by atoms with Gasteiger partial charge < -0.3 is 21.7 Å². The molecule has 0 aliphatic rings. The number of phenols is 1. The van der Waals surface area contributed by atoms with E-state index in [4.69, 9.17) is 16.6 Å². The van der Waals surface area contributed by atoms with Gasteiger partial charge in [0.05, 0.1) is 5.56 Å². The summed E-state index contributed by atoms with van der Waals surface area (Å²) in [4.78, 5) is 18.6. The fourth-order valence-electron chi connectivity index (χ4n) is 1.57. The molecule has 1 rings (SSSR count). The molecule has 0 heterocycles. The summed E-state index contributed by atoms with van der Waals surface area (Å²) in [6, 6.07) is 2.72. The number of carboxylic acids is 1. The van der Waals surface area contributed by atoms with Crippen LogP contribution in [-0.2, 0) is 4.79 Å². The van der Waals surface area contributed by atoms with E-state index in [0.29, 0.717) is 6.42 Å². The van der Waals surface area contributed by atoms with Crippen molar-refractivity contribution < 1.29 is 19.4 Å². The first kappa shape index (κ1) is 16.4. The zero-order valence-corrected chi connectivity index (χ0v) is 11.2. The van der Waals surface area contributed by atoms with Crippen molar-refractivity contribution in [2.24, 2.45) is 21.5 Å². The van der Waals surface area contributed by atoms with E-state index < -0.39 is 17.8 Å². The molecule has 1 unspecified atom stereocenters. The zero-order valence-electron chi connectivity index (χ0n) is 11.2. The van der Waals surface area contributed by atoms with Crippen LogP contribution >= 0.6 is 0 Å². The van der Waals surface area contributed by atoms with Gasteiger partial charge in [0.1, 0.15) is 17.6 Å². The molecule has 0 spiro atoms. The molecule has 1 atom stereocenters. The average Bonchev–Trinajstić information content (AvgIpc) is 2.39. The van der Waals surface area contributed by atoms with Crippen LogP contribution in [0.25, 0.3) is 0 Å². The normalized spacial score (nSPS) is 12.2. The Bertz CT molecular complexity index is 536. The van der Waals surface area contributed by atoms with Gasteiger partial charge in [-0.05, 0) is 25.0 Å². The second-order valence-corrected chi connectivity index (χ2v) is 4.25. The molecule has 8 heteroatoms. The van der Waals surface area contributed by atoms with Gasteiger partial charge in [-0.25, -0.2) is 9.18 Å². The lowest BCUT2D eigenvalue weighted by Gasteiger charge is -2.07. The molecule has 0 saturated carbocycles. The average molecular weight is 296 g/mol. The number of benzene rings is 1. The number of halogens is 1. The smallest absolute Gasteiger partial charge is 0.328 e. The van der Waals surface area contributed by atoms with Crippen molar-refractivity contribution in [1.82, 2.24) is 0 Å². The van der Waals surface area contributed by atoms with Gasteiger partial charge in [0.15, 0.2) is 5.96 Å². The number of guanidine groups is 1. The van der Waals surface area contributed by atoms with Crippen molar-refractivity contribution in [2.45, 2.75) is 18.9 Å². The maximum Gasteiger partial charge on any atom is 0.328 e. The molecule has 0 saturated heterocycles. The highest BCUT2D eigenvalue weighted by molar-refractivity contribution is 5.86. The number of nitrogens with zero attached hydrogens (tertiary/aromatic N) is 2. The number of carbonyl (C=O) groups is 1. The van der Waals surface area contributed by atoms with Crippen LogP contribution in [0, 0.1) is 5.82 Å². The van der Waals surface area contributed by atoms with Crippen LogP contribution in [0.3, 0.4) is 0 Å². The van der Waals surface area contributed by atoms with Gasteiger partial charge >= 0.3 is 5.97 Å². The lowest BCUT2D eigenvalue weighted by molar-refractivity contribution is -0.138. The predicted molar refractivity (Wildman–Crippen MR) is 77.0 cm³/mol. The Kier molecular flexibility index (Phi) is 6.12. The predicted octanol–water partition coefficient (Wildman–Crippen LogP) is 0.457. The van der Waals surface area contributed by atoms with Crippen LogP contribution in [-0.4, -0.2) is 40.9 Å². The van der Waals surface area contributed by atoms with E-state index in [-0.39, 0.29) is 30.2 Å². The molecule has 0 aliphatic heterocycles. The maximum atomic E-state index is 13.5. The number of aliphatic imine (C=N–C) groups is 2. The summed E-state index contributed by atoms with van der Waals surface area (Å²) < 4.78 is 13.5. The minimum Gasteiger partial charge on any atom is -0.507 e. The van der Waals surface area contributed by atoms with Gasteiger partial charge in [-0.2, -0.15) is 0 Å². The number of aromatic hydroxyl groups is 1. The first-order chi connectivity index (χ1) is 9.91. The zero-order chi connectivity index (χ0) is 15.8. The lowest BCUT2D eigenvalue weighted by Crippen LogP contribution is -2.23. The highest BCUT2D eigenvalue weighted by atomic mass is 19.1. The molecule has 7 nitrogen and oxygen atoms in total. The number of hydrogen-bond acceptors (Lipinski definition) is 4. The fourth-order valence-corrected chi connectivity index (χ4v) is 1.57. The molecule has 114 valence electrons. The number of nitrogens with two attached hydrogens (primary N) is 2. The summed E-state index contributed by atoms with van der Waals surface area (Å²) in [6.07, 6.45) is 1.62. The Morgan fingerprint density at radius 1 is 1.43 bits per heavy atom. The second kappa shape index (κ2) is 7.83. The molecule has 0 aromatic heterocycles. The summed E-state index contributed by atoms with van der Waals surface area (Å²) in [6.45, 7) is 0.284.